The lowest BCUT2D eigenvalue weighted by Crippen LogP contribution is -2.35. The summed E-state index contributed by atoms with van der Waals surface area (Å²) in [5, 5.41) is 16.3. The zero-order chi connectivity index (χ0) is 23.7. The van der Waals surface area contributed by atoms with Gasteiger partial charge in [0.1, 0.15) is 5.76 Å². The number of Topliss-reactive ketones (excluding diaryl/α,β-unsaturated/α-hetero) is 1. The molecule has 2 heterocycles. The fourth-order valence-corrected chi connectivity index (χ4v) is 4.15. The lowest BCUT2D eigenvalue weighted by molar-refractivity contribution is -0.140. The summed E-state index contributed by atoms with van der Waals surface area (Å²) >= 11 is 6.06. The number of aliphatic hydroxyl groups excluding tert-OH is 1. The normalized spacial score (nSPS) is 17.8. The number of carbonyl (C=O) groups excluding carboxylic acids is 2. The van der Waals surface area contributed by atoms with E-state index >= 15 is 0 Å². The molecular formula is C25H25ClN4O3. The molecule has 4 rings (SSSR count). The number of aliphatic hydroxyl groups is 1. The molecular weight excluding hydrogens is 440 g/mol. The molecule has 1 aromatic heterocycles. The molecule has 1 amide bonds. The third kappa shape index (κ3) is 4.29. The summed E-state index contributed by atoms with van der Waals surface area (Å²) in [4.78, 5) is 29.6. The molecule has 0 aliphatic carbocycles. The van der Waals surface area contributed by atoms with Gasteiger partial charge in [-0.15, -0.1) is 0 Å². The Morgan fingerprint density at radius 3 is 2.39 bits per heavy atom. The number of amides is 1. The number of hydrogen-bond donors (Lipinski definition) is 1. The number of rotatable bonds is 6. The molecule has 1 aliphatic heterocycles. The highest BCUT2D eigenvalue weighted by Crippen LogP contribution is 2.40. The third-order valence-corrected chi connectivity index (χ3v) is 6.03. The van der Waals surface area contributed by atoms with E-state index in [0.29, 0.717) is 34.9 Å². The Morgan fingerprint density at radius 1 is 1.09 bits per heavy atom. The molecule has 0 bridgehead atoms. The van der Waals surface area contributed by atoms with E-state index in [1.807, 2.05) is 56.3 Å². The second-order valence-corrected chi connectivity index (χ2v) is 8.67. The molecule has 3 aromatic rings. The van der Waals surface area contributed by atoms with E-state index in [4.69, 9.17) is 11.6 Å². The topological polar surface area (TPSA) is 78.7 Å². The van der Waals surface area contributed by atoms with Gasteiger partial charge in [0.25, 0.3) is 11.7 Å². The summed E-state index contributed by atoms with van der Waals surface area (Å²) < 4.78 is 1.69. The van der Waals surface area contributed by atoms with Crippen LogP contribution in [0.3, 0.4) is 0 Å². The highest BCUT2D eigenvalue weighted by Gasteiger charge is 2.46. The fourth-order valence-electron chi connectivity index (χ4n) is 4.03. The quantitative estimate of drug-likeness (QED) is 0.341. The van der Waals surface area contributed by atoms with Crippen LogP contribution in [-0.4, -0.2) is 63.6 Å². The van der Waals surface area contributed by atoms with E-state index in [-0.39, 0.29) is 11.3 Å². The van der Waals surface area contributed by atoms with Crippen molar-refractivity contribution in [3.63, 3.8) is 0 Å². The van der Waals surface area contributed by atoms with Crippen LogP contribution in [0.4, 0.5) is 0 Å². The number of carbonyl (C=O) groups is 2. The number of benzene rings is 2. The van der Waals surface area contributed by atoms with Crippen LogP contribution in [0.15, 0.2) is 66.4 Å². The van der Waals surface area contributed by atoms with Crippen LogP contribution in [0.1, 0.15) is 22.9 Å². The standard InChI is InChI=1S/C25H25ClN4O3/c1-16-20(15-27-30(16)19-7-5-4-6-8-19)23(31)21-22(17-9-11-18(26)12-10-17)29(14-13-28(2)3)25(33)24(21)32/h4-12,15,22,31H,13-14H2,1-3H3/b23-21+/t22-/m1/s1. The van der Waals surface area contributed by atoms with Crippen molar-refractivity contribution in [1.29, 1.82) is 0 Å². The summed E-state index contributed by atoms with van der Waals surface area (Å²) in [6.45, 7) is 2.72. The van der Waals surface area contributed by atoms with Crippen LogP contribution in [-0.2, 0) is 9.59 Å². The molecule has 1 N–H and O–H groups in total. The van der Waals surface area contributed by atoms with Crippen molar-refractivity contribution < 1.29 is 14.7 Å². The Labute approximate surface area is 197 Å². The van der Waals surface area contributed by atoms with E-state index in [1.165, 1.54) is 11.1 Å². The number of likely N-dealkylation sites (tertiary alicyclic amines) is 1. The maximum absolute atomic E-state index is 13.1. The van der Waals surface area contributed by atoms with Crippen molar-refractivity contribution in [2.24, 2.45) is 0 Å². The lowest BCUT2D eigenvalue weighted by Gasteiger charge is -2.26. The first-order valence-corrected chi connectivity index (χ1v) is 11.0. The van der Waals surface area contributed by atoms with E-state index in [1.54, 1.807) is 28.9 Å². The van der Waals surface area contributed by atoms with Crippen LogP contribution in [0.2, 0.25) is 5.02 Å². The Kier molecular flexibility index (Phi) is 6.35. The molecule has 0 radical (unpaired) electrons. The van der Waals surface area contributed by atoms with Crippen molar-refractivity contribution in [3.05, 3.63) is 88.2 Å². The maximum Gasteiger partial charge on any atom is 0.295 e. The molecule has 0 spiro atoms. The Morgan fingerprint density at radius 2 is 1.76 bits per heavy atom. The average Bonchev–Trinajstić information content (AvgIpc) is 3.30. The summed E-state index contributed by atoms with van der Waals surface area (Å²) in [5.41, 5.74) is 2.65. The van der Waals surface area contributed by atoms with Crippen LogP contribution in [0, 0.1) is 6.92 Å². The minimum Gasteiger partial charge on any atom is -0.507 e. The molecule has 170 valence electrons. The molecule has 1 saturated heterocycles. The van der Waals surface area contributed by atoms with Crippen molar-refractivity contribution in [1.82, 2.24) is 19.6 Å². The Bertz CT molecular complexity index is 1220. The molecule has 1 aliphatic rings. The highest BCUT2D eigenvalue weighted by atomic mass is 35.5. The predicted molar refractivity (Wildman–Crippen MR) is 127 cm³/mol. The van der Waals surface area contributed by atoms with Gasteiger partial charge in [-0.1, -0.05) is 41.9 Å². The van der Waals surface area contributed by atoms with Crippen LogP contribution < -0.4 is 0 Å². The van der Waals surface area contributed by atoms with Gasteiger partial charge in [0.05, 0.1) is 34.8 Å². The van der Waals surface area contributed by atoms with Gasteiger partial charge in [-0.25, -0.2) is 4.68 Å². The number of nitrogens with zero attached hydrogens (tertiary/aromatic N) is 4. The van der Waals surface area contributed by atoms with Crippen molar-refractivity contribution in [2.45, 2.75) is 13.0 Å². The number of aromatic nitrogens is 2. The van der Waals surface area contributed by atoms with Gasteiger partial charge >= 0.3 is 0 Å². The molecule has 33 heavy (non-hydrogen) atoms. The third-order valence-electron chi connectivity index (χ3n) is 5.78. The lowest BCUT2D eigenvalue weighted by atomic mass is 9.95. The van der Waals surface area contributed by atoms with Gasteiger partial charge in [-0.05, 0) is 50.8 Å². The summed E-state index contributed by atoms with van der Waals surface area (Å²) in [7, 11) is 3.80. The maximum atomic E-state index is 13.1. The van der Waals surface area contributed by atoms with Crippen molar-refractivity contribution >= 4 is 29.1 Å². The minimum atomic E-state index is -0.721. The summed E-state index contributed by atoms with van der Waals surface area (Å²) in [6.07, 6.45) is 1.52. The van der Waals surface area contributed by atoms with Gasteiger partial charge in [0.2, 0.25) is 0 Å². The SMILES string of the molecule is Cc1c(/C(O)=C2\C(=O)C(=O)N(CCN(C)C)[C@@H]2c2ccc(Cl)cc2)cnn1-c1ccccc1. The summed E-state index contributed by atoms with van der Waals surface area (Å²) in [5.74, 6) is -1.58. The number of ketones is 1. The van der Waals surface area contributed by atoms with Gasteiger partial charge in [-0.2, -0.15) is 5.10 Å². The zero-order valence-electron chi connectivity index (χ0n) is 18.7. The van der Waals surface area contributed by atoms with E-state index in [2.05, 4.69) is 5.10 Å². The number of likely N-dealkylation sites (N-methyl/N-ethyl adjacent to an activating group) is 1. The molecule has 8 heteroatoms. The smallest absolute Gasteiger partial charge is 0.295 e. The molecule has 1 fully saturated rings. The van der Waals surface area contributed by atoms with Gasteiger partial charge in [-0.3, -0.25) is 9.59 Å². The first-order valence-electron chi connectivity index (χ1n) is 10.6. The number of para-hydroxylation sites is 1. The van der Waals surface area contributed by atoms with Gasteiger partial charge in [0.15, 0.2) is 0 Å². The highest BCUT2D eigenvalue weighted by molar-refractivity contribution is 6.46. The second kappa shape index (κ2) is 9.21. The predicted octanol–water partition coefficient (Wildman–Crippen LogP) is 3.82. The first kappa shape index (κ1) is 22.8. The van der Waals surface area contributed by atoms with E-state index in [0.717, 1.165) is 5.69 Å². The summed E-state index contributed by atoms with van der Waals surface area (Å²) in [6, 6.07) is 15.7. The van der Waals surface area contributed by atoms with Crippen molar-refractivity contribution in [3.8, 4) is 5.69 Å². The molecule has 0 unspecified atom stereocenters. The molecule has 1 atom stereocenters. The van der Waals surface area contributed by atoms with Crippen LogP contribution in [0.25, 0.3) is 11.4 Å². The van der Waals surface area contributed by atoms with Gasteiger partial charge < -0.3 is 14.9 Å². The van der Waals surface area contributed by atoms with Gasteiger partial charge in [0, 0.05) is 18.1 Å². The molecule has 7 nitrogen and oxygen atoms in total. The Balaban J connectivity index is 1.84. The minimum absolute atomic E-state index is 0.0526. The first-order chi connectivity index (χ1) is 15.8. The number of hydrogen-bond acceptors (Lipinski definition) is 5. The Hall–Kier alpha value is -3.42. The van der Waals surface area contributed by atoms with Crippen molar-refractivity contribution in [2.75, 3.05) is 27.2 Å². The van der Waals surface area contributed by atoms with E-state index in [9.17, 15) is 14.7 Å². The second-order valence-electron chi connectivity index (χ2n) is 8.24. The van der Waals surface area contributed by atoms with Crippen LogP contribution in [0.5, 0.6) is 0 Å². The fraction of sp³-hybridized carbons (Fsp3) is 0.240. The zero-order valence-corrected chi connectivity index (χ0v) is 19.5. The van der Waals surface area contributed by atoms with E-state index < -0.39 is 17.7 Å². The van der Waals surface area contributed by atoms with Crippen LogP contribution >= 0.6 is 11.6 Å². The molecule has 2 aromatic carbocycles. The average molecular weight is 465 g/mol. The monoisotopic (exact) mass is 464 g/mol. The largest absolute Gasteiger partial charge is 0.507 e. The molecule has 0 saturated carbocycles. The number of halogens is 1.